The van der Waals surface area contributed by atoms with Gasteiger partial charge in [0, 0.05) is 6.42 Å². The minimum absolute atomic E-state index is 0.347. The lowest BCUT2D eigenvalue weighted by atomic mass is 10.0. The van der Waals surface area contributed by atoms with Crippen LogP contribution >= 0.6 is 0 Å². The molecule has 0 spiro atoms. The van der Waals surface area contributed by atoms with Crippen molar-refractivity contribution in [1.82, 2.24) is 0 Å². The first-order valence-electron chi connectivity index (χ1n) is 4.00. The molecule has 0 amide bonds. The van der Waals surface area contributed by atoms with Gasteiger partial charge in [-0.25, -0.2) is 0 Å². The lowest BCUT2D eigenvalue weighted by Gasteiger charge is -2.05. The molecular formula is C9H14O. The van der Waals surface area contributed by atoms with Gasteiger partial charge in [0.25, 0.3) is 0 Å². The summed E-state index contributed by atoms with van der Waals surface area (Å²) in [7, 11) is 0. The molecule has 1 rings (SSSR count). The zero-order chi connectivity index (χ0) is 7.40. The van der Waals surface area contributed by atoms with Crippen molar-refractivity contribution >= 4 is 5.78 Å². The van der Waals surface area contributed by atoms with Crippen molar-refractivity contribution in [2.75, 3.05) is 0 Å². The van der Waals surface area contributed by atoms with Crippen molar-refractivity contribution in [2.45, 2.75) is 39.0 Å². The van der Waals surface area contributed by atoms with Crippen LogP contribution in [0.1, 0.15) is 39.0 Å². The smallest absolute Gasteiger partial charge is 0.158 e. The molecule has 56 valence electrons. The van der Waals surface area contributed by atoms with Crippen LogP contribution in [0.15, 0.2) is 11.6 Å². The number of hydrogen-bond acceptors (Lipinski definition) is 1. The Hall–Kier alpha value is -0.590. The highest BCUT2D eigenvalue weighted by molar-refractivity contribution is 5.94. The van der Waals surface area contributed by atoms with E-state index in [1.165, 1.54) is 12.8 Å². The van der Waals surface area contributed by atoms with Gasteiger partial charge in [-0.1, -0.05) is 12.5 Å². The van der Waals surface area contributed by atoms with Gasteiger partial charge in [0.05, 0.1) is 0 Å². The summed E-state index contributed by atoms with van der Waals surface area (Å²) in [6, 6.07) is 0. The molecule has 0 aromatic carbocycles. The van der Waals surface area contributed by atoms with E-state index in [1.807, 2.05) is 6.92 Å². The van der Waals surface area contributed by atoms with Gasteiger partial charge in [-0.05, 0) is 31.8 Å². The molecule has 0 N–H and O–H groups in total. The van der Waals surface area contributed by atoms with Crippen molar-refractivity contribution in [3.05, 3.63) is 11.6 Å². The maximum atomic E-state index is 11.1. The zero-order valence-electron chi connectivity index (χ0n) is 6.52. The molecule has 1 aliphatic rings. The highest BCUT2D eigenvalue weighted by atomic mass is 16.1. The van der Waals surface area contributed by atoms with E-state index in [2.05, 4.69) is 6.08 Å². The Bertz CT molecular complexity index is 156. The average Bonchev–Trinajstić information content (AvgIpc) is 1.92. The van der Waals surface area contributed by atoms with Gasteiger partial charge in [0.15, 0.2) is 5.78 Å². The summed E-state index contributed by atoms with van der Waals surface area (Å²) < 4.78 is 0. The largest absolute Gasteiger partial charge is 0.295 e. The van der Waals surface area contributed by atoms with Gasteiger partial charge < -0.3 is 0 Å². The number of ketones is 1. The van der Waals surface area contributed by atoms with Gasteiger partial charge in [-0.2, -0.15) is 0 Å². The molecule has 0 radical (unpaired) electrons. The molecule has 0 unspecified atom stereocenters. The van der Waals surface area contributed by atoms with E-state index in [-0.39, 0.29) is 0 Å². The Kier molecular flexibility index (Phi) is 2.67. The van der Waals surface area contributed by atoms with Crippen LogP contribution in [0.3, 0.4) is 0 Å². The number of rotatable bonds is 0. The number of Topliss-reactive ketones (excluding diaryl/α,β-unsaturated/α-hetero) is 1. The maximum Gasteiger partial charge on any atom is 0.158 e. The Morgan fingerprint density at radius 3 is 2.90 bits per heavy atom. The second-order valence-corrected chi connectivity index (χ2v) is 2.91. The summed E-state index contributed by atoms with van der Waals surface area (Å²) in [5.74, 6) is 0.347. The monoisotopic (exact) mass is 138 g/mol. The van der Waals surface area contributed by atoms with E-state index in [1.54, 1.807) is 0 Å². The molecule has 0 fully saturated rings. The molecule has 1 aliphatic carbocycles. The molecule has 0 saturated heterocycles. The molecule has 0 heterocycles. The minimum Gasteiger partial charge on any atom is -0.295 e. The van der Waals surface area contributed by atoms with Crippen LogP contribution in [0.2, 0.25) is 0 Å². The summed E-state index contributed by atoms with van der Waals surface area (Å²) >= 11 is 0. The summed E-state index contributed by atoms with van der Waals surface area (Å²) in [5.41, 5.74) is 0.972. The minimum atomic E-state index is 0.347. The van der Waals surface area contributed by atoms with Crippen LogP contribution in [0.25, 0.3) is 0 Å². The highest BCUT2D eigenvalue weighted by Gasteiger charge is 2.05. The lowest BCUT2D eigenvalue weighted by Crippen LogP contribution is -2.01. The average molecular weight is 138 g/mol. The summed E-state index contributed by atoms with van der Waals surface area (Å²) in [5, 5.41) is 0. The summed E-state index contributed by atoms with van der Waals surface area (Å²) in [4.78, 5) is 11.1. The fourth-order valence-corrected chi connectivity index (χ4v) is 1.24. The Labute approximate surface area is 62.1 Å². The number of allylic oxidation sites excluding steroid dienone is 2. The quantitative estimate of drug-likeness (QED) is 0.502. The molecule has 1 nitrogen and oxygen atoms in total. The topological polar surface area (TPSA) is 17.1 Å². The van der Waals surface area contributed by atoms with E-state index < -0.39 is 0 Å². The van der Waals surface area contributed by atoms with Crippen molar-refractivity contribution in [3.8, 4) is 0 Å². The van der Waals surface area contributed by atoms with Crippen LogP contribution in [0.5, 0.6) is 0 Å². The van der Waals surface area contributed by atoms with E-state index >= 15 is 0 Å². The molecule has 0 aliphatic heterocycles. The first-order chi connectivity index (χ1) is 4.80. The van der Waals surface area contributed by atoms with Gasteiger partial charge in [-0.15, -0.1) is 0 Å². The molecule has 10 heavy (non-hydrogen) atoms. The number of carbonyl (C=O) groups excluding carboxylic acids is 1. The van der Waals surface area contributed by atoms with Crippen molar-refractivity contribution in [2.24, 2.45) is 0 Å². The van der Waals surface area contributed by atoms with Crippen molar-refractivity contribution < 1.29 is 4.79 Å². The van der Waals surface area contributed by atoms with Gasteiger partial charge in [0.1, 0.15) is 0 Å². The predicted octanol–water partition coefficient (Wildman–Crippen LogP) is 2.47. The Morgan fingerprint density at radius 1 is 1.30 bits per heavy atom. The Balaban J connectivity index is 2.56. The normalized spacial score (nSPS) is 21.3. The SMILES string of the molecule is CC1=CCCCCCC1=O. The van der Waals surface area contributed by atoms with Crippen LogP contribution in [0.4, 0.5) is 0 Å². The second kappa shape index (κ2) is 3.55. The van der Waals surface area contributed by atoms with Crippen molar-refractivity contribution in [3.63, 3.8) is 0 Å². The van der Waals surface area contributed by atoms with Crippen LogP contribution < -0.4 is 0 Å². The maximum absolute atomic E-state index is 11.1. The van der Waals surface area contributed by atoms with E-state index in [9.17, 15) is 4.79 Å². The third kappa shape index (κ3) is 1.98. The first kappa shape index (κ1) is 7.52. The fourth-order valence-electron chi connectivity index (χ4n) is 1.24. The molecule has 0 saturated carbocycles. The fraction of sp³-hybridized carbons (Fsp3) is 0.667. The highest BCUT2D eigenvalue weighted by Crippen LogP contribution is 2.13. The standard InChI is InChI=1S/C9H14O/c1-8-6-4-2-3-5-7-9(8)10/h6H,2-5,7H2,1H3. The third-order valence-corrected chi connectivity index (χ3v) is 2.00. The van der Waals surface area contributed by atoms with E-state index in [4.69, 9.17) is 0 Å². The molecule has 0 atom stereocenters. The zero-order valence-corrected chi connectivity index (χ0v) is 6.52. The molecule has 0 bridgehead atoms. The summed E-state index contributed by atoms with van der Waals surface area (Å²) in [6.45, 7) is 1.92. The lowest BCUT2D eigenvalue weighted by molar-refractivity contribution is -0.115. The number of carbonyl (C=O) groups is 1. The Morgan fingerprint density at radius 2 is 2.10 bits per heavy atom. The molecule has 0 aromatic heterocycles. The van der Waals surface area contributed by atoms with Gasteiger partial charge in [0.2, 0.25) is 0 Å². The molecular weight excluding hydrogens is 124 g/mol. The van der Waals surface area contributed by atoms with Crippen LogP contribution in [-0.4, -0.2) is 5.78 Å². The third-order valence-electron chi connectivity index (χ3n) is 2.00. The van der Waals surface area contributed by atoms with Crippen LogP contribution in [0, 0.1) is 0 Å². The van der Waals surface area contributed by atoms with E-state index in [0.717, 1.165) is 24.8 Å². The summed E-state index contributed by atoms with van der Waals surface area (Å²) in [6.07, 6.45) is 7.49. The van der Waals surface area contributed by atoms with Gasteiger partial charge in [-0.3, -0.25) is 4.79 Å². The number of hydrogen-bond donors (Lipinski definition) is 0. The van der Waals surface area contributed by atoms with Crippen molar-refractivity contribution in [1.29, 1.82) is 0 Å². The first-order valence-corrected chi connectivity index (χ1v) is 4.00. The molecule has 0 aromatic rings. The van der Waals surface area contributed by atoms with E-state index in [0.29, 0.717) is 5.78 Å². The second-order valence-electron chi connectivity index (χ2n) is 2.91. The van der Waals surface area contributed by atoms with Crippen LogP contribution in [-0.2, 0) is 4.79 Å². The molecule has 1 heteroatoms. The van der Waals surface area contributed by atoms with Gasteiger partial charge >= 0.3 is 0 Å². The predicted molar refractivity (Wildman–Crippen MR) is 41.8 cm³/mol.